The van der Waals surface area contributed by atoms with E-state index in [0.29, 0.717) is 18.7 Å². The van der Waals surface area contributed by atoms with Crippen LogP contribution in [0.3, 0.4) is 0 Å². The number of thioether (sulfide) groups is 1. The van der Waals surface area contributed by atoms with E-state index >= 15 is 0 Å². The molecule has 1 aromatic heterocycles. The largest absolute Gasteiger partial charge is 0.359 e. The Morgan fingerprint density at radius 2 is 2.50 bits per heavy atom. The zero-order chi connectivity index (χ0) is 12.0. The third kappa shape index (κ3) is 4.24. The van der Waals surface area contributed by atoms with Crippen molar-refractivity contribution in [3.8, 4) is 0 Å². The number of rotatable bonds is 6. The predicted molar refractivity (Wildman–Crippen MR) is 64.1 cm³/mol. The van der Waals surface area contributed by atoms with Gasteiger partial charge in [-0.2, -0.15) is 11.8 Å². The molecule has 1 atom stereocenters. The first-order valence-electron chi connectivity index (χ1n) is 5.08. The number of nitrogens with one attached hydrogen (secondary N) is 1. The molecular weight excluding hydrogens is 226 g/mol. The standard InChI is InChI=1S/C10H17N3O2S/c1-7-5-8(15-13-7)6-12-10(14)9(11)3-4-16-2/h5,9H,3-4,6,11H2,1-2H3,(H,12,14)/t9-/m0/s1. The maximum Gasteiger partial charge on any atom is 0.237 e. The van der Waals surface area contributed by atoms with Crippen molar-refractivity contribution in [1.82, 2.24) is 10.5 Å². The van der Waals surface area contributed by atoms with Crippen LogP contribution in [-0.2, 0) is 11.3 Å². The van der Waals surface area contributed by atoms with Crippen molar-refractivity contribution in [1.29, 1.82) is 0 Å². The summed E-state index contributed by atoms with van der Waals surface area (Å²) < 4.78 is 4.97. The van der Waals surface area contributed by atoms with Gasteiger partial charge >= 0.3 is 0 Å². The Morgan fingerprint density at radius 1 is 1.75 bits per heavy atom. The van der Waals surface area contributed by atoms with Gasteiger partial charge in [0.05, 0.1) is 18.3 Å². The number of nitrogens with zero attached hydrogens (tertiary/aromatic N) is 1. The summed E-state index contributed by atoms with van der Waals surface area (Å²) >= 11 is 1.68. The van der Waals surface area contributed by atoms with E-state index in [1.165, 1.54) is 0 Å². The maximum atomic E-state index is 11.5. The molecule has 1 rings (SSSR count). The Balaban J connectivity index is 2.29. The normalized spacial score (nSPS) is 12.4. The number of nitrogens with two attached hydrogens (primary N) is 1. The molecule has 0 unspecified atom stereocenters. The summed E-state index contributed by atoms with van der Waals surface area (Å²) in [5.41, 5.74) is 6.50. The van der Waals surface area contributed by atoms with Crippen molar-refractivity contribution in [2.75, 3.05) is 12.0 Å². The van der Waals surface area contributed by atoms with Crippen LogP contribution in [0, 0.1) is 6.92 Å². The molecule has 0 saturated carbocycles. The number of hydrogen-bond acceptors (Lipinski definition) is 5. The van der Waals surface area contributed by atoms with E-state index in [0.717, 1.165) is 11.4 Å². The molecule has 16 heavy (non-hydrogen) atoms. The van der Waals surface area contributed by atoms with Crippen LogP contribution >= 0.6 is 11.8 Å². The van der Waals surface area contributed by atoms with Gasteiger partial charge in [-0.3, -0.25) is 4.79 Å². The Bertz CT molecular complexity index is 341. The fraction of sp³-hybridized carbons (Fsp3) is 0.600. The lowest BCUT2D eigenvalue weighted by Gasteiger charge is -2.10. The van der Waals surface area contributed by atoms with Gasteiger partial charge in [0.2, 0.25) is 5.91 Å². The number of amides is 1. The minimum absolute atomic E-state index is 0.150. The highest BCUT2D eigenvalue weighted by atomic mass is 32.2. The predicted octanol–water partition coefficient (Wildman–Crippen LogP) is 0.680. The molecule has 0 fully saturated rings. The molecule has 0 aliphatic heterocycles. The van der Waals surface area contributed by atoms with Crippen molar-refractivity contribution < 1.29 is 9.32 Å². The molecule has 0 spiro atoms. The Kier molecular flexibility index (Phi) is 5.34. The highest BCUT2D eigenvalue weighted by Crippen LogP contribution is 2.02. The van der Waals surface area contributed by atoms with Crippen LogP contribution in [0.25, 0.3) is 0 Å². The highest BCUT2D eigenvalue weighted by molar-refractivity contribution is 7.98. The third-order valence-corrected chi connectivity index (χ3v) is 2.73. The summed E-state index contributed by atoms with van der Waals surface area (Å²) in [6.45, 7) is 2.17. The van der Waals surface area contributed by atoms with Crippen LogP contribution in [0.1, 0.15) is 17.9 Å². The van der Waals surface area contributed by atoms with Crippen LogP contribution in [0.2, 0.25) is 0 Å². The van der Waals surface area contributed by atoms with Crippen molar-refractivity contribution in [3.63, 3.8) is 0 Å². The van der Waals surface area contributed by atoms with Gasteiger partial charge in [-0.15, -0.1) is 0 Å². The third-order valence-electron chi connectivity index (χ3n) is 2.08. The molecule has 1 heterocycles. The number of aryl methyl sites for hydroxylation is 1. The van der Waals surface area contributed by atoms with Crippen LogP contribution in [0.4, 0.5) is 0 Å². The second-order valence-electron chi connectivity index (χ2n) is 3.54. The summed E-state index contributed by atoms with van der Waals surface area (Å²) in [5, 5.41) is 6.44. The van der Waals surface area contributed by atoms with Gasteiger partial charge in [0.25, 0.3) is 0 Å². The second kappa shape index (κ2) is 6.55. The zero-order valence-corrected chi connectivity index (χ0v) is 10.3. The topological polar surface area (TPSA) is 81.2 Å². The highest BCUT2D eigenvalue weighted by Gasteiger charge is 2.13. The molecule has 5 nitrogen and oxygen atoms in total. The quantitative estimate of drug-likeness (QED) is 0.768. The molecule has 90 valence electrons. The summed E-state index contributed by atoms with van der Waals surface area (Å²) in [6, 6.07) is 1.34. The van der Waals surface area contributed by atoms with E-state index in [1.54, 1.807) is 17.8 Å². The number of hydrogen-bond donors (Lipinski definition) is 2. The van der Waals surface area contributed by atoms with E-state index < -0.39 is 6.04 Å². The van der Waals surface area contributed by atoms with E-state index in [2.05, 4.69) is 10.5 Å². The molecule has 0 radical (unpaired) electrons. The van der Waals surface area contributed by atoms with Gasteiger partial charge in [-0.1, -0.05) is 5.16 Å². The summed E-state index contributed by atoms with van der Waals surface area (Å²) in [4.78, 5) is 11.5. The van der Waals surface area contributed by atoms with Gasteiger partial charge in [0.1, 0.15) is 0 Å². The summed E-state index contributed by atoms with van der Waals surface area (Å²) in [5.74, 6) is 1.38. The molecular formula is C10H17N3O2S. The monoisotopic (exact) mass is 243 g/mol. The van der Waals surface area contributed by atoms with E-state index in [-0.39, 0.29) is 5.91 Å². The Hall–Kier alpha value is -1.01. The first kappa shape index (κ1) is 13.1. The fourth-order valence-electron chi connectivity index (χ4n) is 1.18. The van der Waals surface area contributed by atoms with Crippen LogP contribution < -0.4 is 11.1 Å². The lowest BCUT2D eigenvalue weighted by Crippen LogP contribution is -2.40. The van der Waals surface area contributed by atoms with Gasteiger partial charge < -0.3 is 15.6 Å². The Morgan fingerprint density at radius 3 is 3.06 bits per heavy atom. The van der Waals surface area contributed by atoms with E-state index in [1.807, 2.05) is 13.2 Å². The average molecular weight is 243 g/mol. The second-order valence-corrected chi connectivity index (χ2v) is 4.53. The number of carbonyl (C=O) groups is 1. The molecule has 1 aromatic rings. The van der Waals surface area contributed by atoms with Gasteiger partial charge in [0.15, 0.2) is 5.76 Å². The lowest BCUT2D eigenvalue weighted by atomic mass is 10.2. The maximum absolute atomic E-state index is 11.5. The van der Waals surface area contributed by atoms with Crippen molar-refractivity contribution >= 4 is 17.7 Å². The number of carbonyl (C=O) groups excluding carboxylic acids is 1. The van der Waals surface area contributed by atoms with Gasteiger partial charge in [0, 0.05) is 6.07 Å². The molecule has 0 aromatic carbocycles. The molecule has 3 N–H and O–H groups in total. The minimum Gasteiger partial charge on any atom is -0.359 e. The molecule has 0 bridgehead atoms. The average Bonchev–Trinajstić information content (AvgIpc) is 2.68. The van der Waals surface area contributed by atoms with Crippen LogP contribution in [-0.4, -0.2) is 29.1 Å². The summed E-state index contributed by atoms with van der Waals surface area (Å²) in [7, 11) is 0. The van der Waals surface area contributed by atoms with Gasteiger partial charge in [-0.05, 0) is 25.4 Å². The minimum atomic E-state index is -0.448. The smallest absolute Gasteiger partial charge is 0.237 e. The van der Waals surface area contributed by atoms with E-state index in [9.17, 15) is 4.79 Å². The van der Waals surface area contributed by atoms with Crippen molar-refractivity contribution in [3.05, 3.63) is 17.5 Å². The fourth-order valence-corrected chi connectivity index (χ4v) is 1.67. The molecule has 0 aliphatic carbocycles. The first-order chi connectivity index (χ1) is 7.63. The van der Waals surface area contributed by atoms with Crippen LogP contribution in [0.15, 0.2) is 10.6 Å². The Labute approximate surface area is 99.1 Å². The SMILES string of the molecule is CSCC[C@H](N)C(=O)NCc1cc(C)no1. The molecule has 1 amide bonds. The van der Waals surface area contributed by atoms with Crippen LogP contribution in [0.5, 0.6) is 0 Å². The summed E-state index contributed by atoms with van der Waals surface area (Å²) in [6.07, 6.45) is 2.67. The zero-order valence-electron chi connectivity index (χ0n) is 9.53. The van der Waals surface area contributed by atoms with Gasteiger partial charge in [-0.25, -0.2) is 0 Å². The first-order valence-corrected chi connectivity index (χ1v) is 6.47. The van der Waals surface area contributed by atoms with Crippen molar-refractivity contribution in [2.24, 2.45) is 5.73 Å². The number of aromatic nitrogens is 1. The molecule has 0 saturated heterocycles. The van der Waals surface area contributed by atoms with Crippen molar-refractivity contribution in [2.45, 2.75) is 25.9 Å². The molecule has 0 aliphatic rings. The lowest BCUT2D eigenvalue weighted by molar-refractivity contribution is -0.122. The molecule has 6 heteroatoms. The van der Waals surface area contributed by atoms with E-state index in [4.69, 9.17) is 10.3 Å².